The molecule has 2 aliphatic heterocycles. The van der Waals surface area contributed by atoms with Gasteiger partial charge in [-0.1, -0.05) is 66.7 Å². The summed E-state index contributed by atoms with van der Waals surface area (Å²) >= 11 is 0. The summed E-state index contributed by atoms with van der Waals surface area (Å²) in [4.78, 5) is 31.9. The monoisotopic (exact) mass is 504 g/mol. The van der Waals surface area contributed by atoms with Gasteiger partial charge in [-0.05, 0) is 36.3 Å². The first-order chi connectivity index (χ1) is 17.3. The molecule has 0 aliphatic carbocycles. The minimum absolute atomic E-state index is 0.00587. The summed E-state index contributed by atoms with van der Waals surface area (Å²) in [5.74, 6) is -1.51. The van der Waals surface area contributed by atoms with Gasteiger partial charge in [-0.15, -0.1) is 0 Å². The predicted molar refractivity (Wildman–Crippen MR) is 132 cm³/mol. The standard InChI is InChI=1S/C27H24N2O6S/c1-27(17-30)23(26(32)35-22(18-10-4-2-5-11-18)19-12-6-3-7-13-19)29-24(31)21(25(29)36(27,33)34)16-20-14-8-9-15-28-20/h2-16,22-23,25,30H,17H2,1H3/b21-16-/t23-,25?,27-/m0/s1. The van der Waals surface area contributed by atoms with E-state index in [1.807, 2.05) is 12.1 Å². The maximum Gasteiger partial charge on any atom is 0.331 e. The highest BCUT2D eigenvalue weighted by atomic mass is 32.2. The normalized spacial score (nSPS) is 25.5. The molecule has 3 atom stereocenters. The van der Waals surface area contributed by atoms with Gasteiger partial charge < -0.3 is 14.7 Å². The lowest BCUT2D eigenvalue weighted by molar-refractivity contribution is -0.161. The van der Waals surface area contributed by atoms with Crippen LogP contribution in [0, 0.1) is 0 Å². The molecule has 2 saturated heterocycles. The SMILES string of the molecule is C[C@]1(CO)[C@H](C(=O)OC(c2ccccc2)c2ccccc2)N2C(=O)/C(=C/c3ccccn3)C2S1(=O)=O. The number of esters is 1. The molecule has 0 saturated carbocycles. The fraction of sp³-hybridized carbons (Fsp3) is 0.222. The molecule has 3 aromatic rings. The summed E-state index contributed by atoms with van der Waals surface area (Å²) in [5, 5.41) is 8.85. The second kappa shape index (κ2) is 9.00. The van der Waals surface area contributed by atoms with Crippen LogP contribution in [0.2, 0.25) is 0 Å². The van der Waals surface area contributed by atoms with Crippen LogP contribution in [0.25, 0.3) is 6.08 Å². The molecule has 2 aromatic carbocycles. The van der Waals surface area contributed by atoms with Crippen LogP contribution in [0.15, 0.2) is 90.6 Å². The Morgan fingerprint density at radius 2 is 1.64 bits per heavy atom. The molecule has 8 nitrogen and oxygen atoms in total. The Morgan fingerprint density at radius 3 is 2.17 bits per heavy atom. The number of hydrogen-bond acceptors (Lipinski definition) is 7. The number of nitrogens with zero attached hydrogens (tertiary/aromatic N) is 2. The quantitative estimate of drug-likeness (QED) is 0.312. The van der Waals surface area contributed by atoms with Crippen LogP contribution in [-0.2, 0) is 24.2 Å². The Bertz CT molecular complexity index is 1390. The first-order valence-electron chi connectivity index (χ1n) is 11.4. The molecule has 2 aliphatic rings. The van der Waals surface area contributed by atoms with Crippen molar-refractivity contribution in [1.82, 2.24) is 9.88 Å². The van der Waals surface area contributed by atoms with Gasteiger partial charge in [0.25, 0.3) is 5.91 Å². The molecule has 2 fully saturated rings. The van der Waals surface area contributed by atoms with E-state index >= 15 is 0 Å². The van der Waals surface area contributed by atoms with E-state index < -0.39 is 50.6 Å². The highest BCUT2D eigenvalue weighted by molar-refractivity contribution is 7.94. The molecule has 36 heavy (non-hydrogen) atoms. The number of aliphatic hydroxyl groups is 1. The lowest BCUT2D eigenvalue weighted by Gasteiger charge is -2.39. The number of sulfone groups is 1. The molecule has 5 rings (SSSR count). The van der Waals surface area contributed by atoms with E-state index in [1.165, 1.54) is 19.2 Å². The number of fused-ring (bicyclic) bond motifs is 1. The van der Waals surface area contributed by atoms with E-state index in [4.69, 9.17) is 4.74 Å². The van der Waals surface area contributed by atoms with Crippen molar-refractivity contribution in [1.29, 1.82) is 0 Å². The molecule has 3 heterocycles. The lowest BCUT2D eigenvalue weighted by Crippen LogP contribution is -2.60. The topological polar surface area (TPSA) is 114 Å². The number of hydrogen-bond donors (Lipinski definition) is 1. The van der Waals surface area contributed by atoms with Crippen molar-refractivity contribution >= 4 is 27.8 Å². The van der Waals surface area contributed by atoms with Crippen molar-refractivity contribution < 1.29 is 27.9 Å². The Balaban J connectivity index is 1.53. The van der Waals surface area contributed by atoms with E-state index in [0.717, 1.165) is 4.90 Å². The number of aliphatic hydroxyl groups excluding tert-OH is 1. The van der Waals surface area contributed by atoms with Crippen LogP contribution < -0.4 is 0 Å². The van der Waals surface area contributed by atoms with Gasteiger partial charge >= 0.3 is 5.97 Å². The van der Waals surface area contributed by atoms with E-state index in [0.29, 0.717) is 16.8 Å². The number of benzene rings is 2. The third-order valence-corrected chi connectivity index (χ3v) is 9.49. The number of carbonyl (C=O) groups is 2. The fourth-order valence-electron chi connectivity index (χ4n) is 4.78. The largest absolute Gasteiger partial charge is 0.451 e. The average Bonchev–Trinajstić information content (AvgIpc) is 3.08. The van der Waals surface area contributed by atoms with Gasteiger partial charge in [0.15, 0.2) is 27.4 Å². The number of rotatable bonds is 6. The maximum absolute atomic E-state index is 13.6. The van der Waals surface area contributed by atoms with E-state index in [1.54, 1.807) is 66.7 Å². The Hall–Kier alpha value is -3.82. The van der Waals surface area contributed by atoms with Crippen molar-refractivity contribution in [2.45, 2.75) is 29.2 Å². The predicted octanol–water partition coefficient (Wildman–Crippen LogP) is 2.51. The molecule has 9 heteroatoms. The highest BCUT2D eigenvalue weighted by Gasteiger charge is 2.72. The van der Waals surface area contributed by atoms with Crippen LogP contribution in [0.1, 0.15) is 29.8 Å². The summed E-state index contributed by atoms with van der Waals surface area (Å²) in [6, 6.07) is 21.6. The molecule has 0 radical (unpaired) electrons. The molecular weight excluding hydrogens is 480 g/mol. The van der Waals surface area contributed by atoms with Crippen molar-refractivity contribution in [2.75, 3.05) is 6.61 Å². The van der Waals surface area contributed by atoms with E-state index in [-0.39, 0.29) is 5.57 Å². The fourth-order valence-corrected chi connectivity index (χ4v) is 7.01. The third-order valence-electron chi connectivity index (χ3n) is 6.77. The summed E-state index contributed by atoms with van der Waals surface area (Å²) in [6.07, 6.45) is 2.11. The Labute approximate surface area is 208 Å². The zero-order valence-electron chi connectivity index (χ0n) is 19.4. The number of carbonyl (C=O) groups excluding carboxylic acids is 2. The second-order valence-electron chi connectivity index (χ2n) is 8.98. The second-order valence-corrected chi connectivity index (χ2v) is 11.4. The zero-order chi connectivity index (χ0) is 25.5. The highest BCUT2D eigenvalue weighted by Crippen LogP contribution is 2.49. The Kier molecular flexibility index (Phi) is 5.97. The maximum atomic E-state index is 13.6. The van der Waals surface area contributed by atoms with Gasteiger partial charge in [-0.2, -0.15) is 0 Å². The Morgan fingerprint density at radius 1 is 1.06 bits per heavy atom. The first-order valence-corrected chi connectivity index (χ1v) is 12.9. The van der Waals surface area contributed by atoms with E-state index in [9.17, 15) is 23.1 Å². The summed E-state index contributed by atoms with van der Waals surface area (Å²) in [7, 11) is -4.18. The molecule has 0 spiro atoms. The molecule has 1 N–H and O–H groups in total. The van der Waals surface area contributed by atoms with Crippen molar-refractivity contribution in [2.24, 2.45) is 0 Å². The number of β-lactam (4-membered cyclic amide) rings is 1. The molecular formula is C27H24N2O6S. The average molecular weight is 505 g/mol. The summed E-state index contributed by atoms with van der Waals surface area (Å²) in [6.45, 7) is 0.422. The first kappa shape index (κ1) is 23.9. The van der Waals surface area contributed by atoms with Crippen LogP contribution >= 0.6 is 0 Å². The van der Waals surface area contributed by atoms with Crippen LogP contribution in [0.5, 0.6) is 0 Å². The summed E-state index contributed by atoms with van der Waals surface area (Å²) in [5.41, 5.74) is 1.80. The summed E-state index contributed by atoms with van der Waals surface area (Å²) < 4.78 is 31.1. The number of amides is 1. The van der Waals surface area contributed by atoms with Gasteiger partial charge in [0.05, 0.1) is 17.9 Å². The minimum atomic E-state index is -4.18. The molecule has 1 aromatic heterocycles. The smallest absolute Gasteiger partial charge is 0.331 e. The number of pyridine rings is 1. The lowest BCUT2D eigenvalue weighted by atomic mass is 9.94. The van der Waals surface area contributed by atoms with Gasteiger partial charge in [0.1, 0.15) is 4.75 Å². The molecule has 1 amide bonds. The van der Waals surface area contributed by atoms with Gasteiger partial charge in [-0.3, -0.25) is 9.78 Å². The number of aromatic nitrogens is 1. The molecule has 1 unspecified atom stereocenters. The van der Waals surface area contributed by atoms with Crippen molar-refractivity contribution in [3.63, 3.8) is 0 Å². The van der Waals surface area contributed by atoms with Crippen LogP contribution in [0.4, 0.5) is 0 Å². The minimum Gasteiger partial charge on any atom is -0.451 e. The number of ether oxygens (including phenoxy) is 1. The van der Waals surface area contributed by atoms with Crippen molar-refractivity contribution in [3.8, 4) is 0 Å². The van der Waals surface area contributed by atoms with Gasteiger partial charge in [0, 0.05) is 6.20 Å². The van der Waals surface area contributed by atoms with Crippen molar-refractivity contribution in [3.05, 3.63) is 107 Å². The van der Waals surface area contributed by atoms with Crippen LogP contribution in [-0.4, -0.2) is 58.1 Å². The molecule has 184 valence electrons. The third kappa shape index (κ3) is 3.63. The van der Waals surface area contributed by atoms with Gasteiger partial charge in [0.2, 0.25) is 0 Å². The van der Waals surface area contributed by atoms with Crippen LogP contribution in [0.3, 0.4) is 0 Å². The van der Waals surface area contributed by atoms with E-state index in [2.05, 4.69) is 4.98 Å². The van der Waals surface area contributed by atoms with Gasteiger partial charge in [-0.25, -0.2) is 13.2 Å². The molecule has 0 bridgehead atoms. The zero-order valence-corrected chi connectivity index (χ0v) is 20.2.